The molecule has 3 heteroatoms. The maximum atomic E-state index is 5.93. The van der Waals surface area contributed by atoms with Gasteiger partial charge in [-0.05, 0) is 64.2 Å². The smallest absolute Gasteiger partial charge is 0.142 e. The monoisotopic (exact) mass is 319 g/mol. The lowest BCUT2D eigenvalue weighted by Crippen LogP contribution is -1.93. The zero-order valence-electron chi connectivity index (χ0n) is 11.4. The average molecular weight is 320 g/mol. The van der Waals surface area contributed by atoms with Crippen molar-refractivity contribution < 1.29 is 4.74 Å². The van der Waals surface area contributed by atoms with E-state index in [0.29, 0.717) is 5.92 Å². The summed E-state index contributed by atoms with van der Waals surface area (Å²) < 4.78 is 6.80. The Kier molecular flexibility index (Phi) is 4.15. The van der Waals surface area contributed by atoms with Gasteiger partial charge in [-0.1, -0.05) is 26.0 Å². The van der Waals surface area contributed by atoms with E-state index in [0.717, 1.165) is 27.2 Å². The van der Waals surface area contributed by atoms with Crippen LogP contribution in [-0.4, -0.2) is 0 Å². The number of nitrogens with two attached hydrogens (primary N) is 1. The van der Waals surface area contributed by atoms with E-state index in [-0.39, 0.29) is 0 Å². The summed E-state index contributed by atoms with van der Waals surface area (Å²) >= 11 is 3.48. The minimum Gasteiger partial charge on any atom is -0.456 e. The van der Waals surface area contributed by atoms with Gasteiger partial charge in [-0.2, -0.15) is 0 Å². The zero-order chi connectivity index (χ0) is 14.0. The van der Waals surface area contributed by atoms with Gasteiger partial charge < -0.3 is 10.5 Å². The van der Waals surface area contributed by atoms with Crippen LogP contribution < -0.4 is 10.5 Å². The molecule has 0 radical (unpaired) electrons. The fourth-order valence-corrected chi connectivity index (χ4v) is 2.25. The van der Waals surface area contributed by atoms with E-state index in [2.05, 4.69) is 41.9 Å². The van der Waals surface area contributed by atoms with Gasteiger partial charge in [0.05, 0.1) is 4.47 Å². The van der Waals surface area contributed by atoms with E-state index in [4.69, 9.17) is 10.5 Å². The Labute approximate surface area is 122 Å². The second-order valence-electron chi connectivity index (χ2n) is 4.97. The minimum absolute atomic E-state index is 0.486. The molecule has 2 rings (SSSR count). The molecule has 0 aliphatic heterocycles. The third-order valence-electron chi connectivity index (χ3n) is 3.07. The van der Waals surface area contributed by atoms with Crippen LogP contribution in [0.25, 0.3) is 0 Å². The predicted octanol–water partition coefficient (Wildman–Crippen LogP) is 5.26. The molecule has 0 spiro atoms. The third kappa shape index (κ3) is 3.29. The predicted molar refractivity (Wildman–Crippen MR) is 83.9 cm³/mol. The first-order chi connectivity index (χ1) is 8.97. The van der Waals surface area contributed by atoms with Crippen LogP contribution in [0.5, 0.6) is 11.5 Å². The second-order valence-corrected chi connectivity index (χ2v) is 5.82. The van der Waals surface area contributed by atoms with E-state index in [1.165, 1.54) is 5.56 Å². The van der Waals surface area contributed by atoms with Crippen molar-refractivity contribution in [1.29, 1.82) is 0 Å². The van der Waals surface area contributed by atoms with Crippen LogP contribution in [0, 0.1) is 6.92 Å². The van der Waals surface area contributed by atoms with Gasteiger partial charge in [-0.15, -0.1) is 0 Å². The Morgan fingerprint density at radius 2 is 1.89 bits per heavy atom. The van der Waals surface area contributed by atoms with Crippen molar-refractivity contribution in [3.8, 4) is 11.5 Å². The summed E-state index contributed by atoms with van der Waals surface area (Å²) in [7, 11) is 0. The van der Waals surface area contributed by atoms with Crippen molar-refractivity contribution >= 4 is 21.6 Å². The highest BCUT2D eigenvalue weighted by atomic mass is 79.9. The van der Waals surface area contributed by atoms with Crippen LogP contribution in [-0.2, 0) is 0 Å². The molecule has 0 unspecified atom stereocenters. The summed E-state index contributed by atoms with van der Waals surface area (Å²) in [6, 6.07) is 12.0. The first kappa shape index (κ1) is 13.9. The summed E-state index contributed by atoms with van der Waals surface area (Å²) in [5.74, 6) is 2.11. The number of halogens is 1. The average Bonchev–Trinajstić information content (AvgIpc) is 2.36. The number of rotatable bonds is 3. The van der Waals surface area contributed by atoms with Gasteiger partial charge in [-0.25, -0.2) is 0 Å². The Bertz CT molecular complexity index is 593. The molecule has 0 fully saturated rings. The van der Waals surface area contributed by atoms with E-state index >= 15 is 0 Å². The molecule has 0 saturated carbocycles. The van der Waals surface area contributed by atoms with Crippen molar-refractivity contribution in [2.24, 2.45) is 0 Å². The number of nitrogen functional groups attached to an aromatic ring is 1. The number of aryl methyl sites for hydroxylation is 1. The molecule has 0 aromatic heterocycles. The lowest BCUT2D eigenvalue weighted by molar-refractivity contribution is 0.478. The molecule has 0 heterocycles. The molecule has 2 aromatic carbocycles. The molecule has 100 valence electrons. The number of hydrogen-bond donors (Lipinski definition) is 1. The molecule has 2 nitrogen and oxygen atoms in total. The summed E-state index contributed by atoms with van der Waals surface area (Å²) in [4.78, 5) is 0. The Hall–Kier alpha value is -1.48. The van der Waals surface area contributed by atoms with Gasteiger partial charge >= 0.3 is 0 Å². The van der Waals surface area contributed by atoms with Gasteiger partial charge in [0, 0.05) is 5.69 Å². The Morgan fingerprint density at radius 1 is 1.16 bits per heavy atom. The second kappa shape index (κ2) is 5.66. The van der Waals surface area contributed by atoms with Crippen molar-refractivity contribution in [3.63, 3.8) is 0 Å². The van der Waals surface area contributed by atoms with Crippen LogP contribution in [0.15, 0.2) is 40.9 Å². The van der Waals surface area contributed by atoms with Crippen molar-refractivity contribution in [2.75, 3.05) is 5.73 Å². The molecule has 19 heavy (non-hydrogen) atoms. The highest BCUT2D eigenvalue weighted by molar-refractivity contribution is 9.10. The Balaban J connectivity index is 2.31. The number of benzene rings is 2. The Morgan fingerprint density at radius 3 is 2.58 bits per heavy atom. The van der Waals surface area contributed by atoms with Gasteiger partial charge in [0.1, 0.15) is 11.5 Å². The molecule has 0 amide bonds. The lowest BCUT2D eigenvalue weighted by Gasteiger charge is -2.12. The van der Waals surface area contributed by atoms with Crippen LogP contribution in [0.2, 0.25) is 0 Å². The van der Waals surface area contributed by atoms with E-state index < -0.39 is 0 Å². The molecule has 0 atom stereocenters. The summed E-state index contributed by atoms with van der Waals surface area (Å²) in [5, 5.41) is 0. The zero-order valence-corrected chi connectivity index (χ0v) is 13.0. The third-order valence-corrected chi connectivity index (χ3v) is 3.69. The van der Waals surface area contributed by atoms with Crippen molar-refractivity contribution in [2.45, 2.75) is 26.7 Å². The minimum atomic E-state index is 0.486. The largest absolute Gasteiger partial charge is 0.456 e. The SMILES string of the molecule is Cc1cc(Oc2cccc(C(C)C)c2)c(Br)cc1N. The molecular weight excluding hydrogens is 302 g/mol. The van der Waals surface area contributed by atoms with Gasteiger partial charge in [0.2, 0.25) is 0 Å². The first-order valence-electron chi connectivity index (χ1n) is 6.31. The molecule has 0 saturated heterocycles. The van der Waals surface area contributed by atoms with Crippen LogP contribution >= 0.6 is 15.9 Å². The van der Waals surface area contributed by atoms with E-state index in [1.54, 1.807) is 0 Å². The van der Waals surface area contributed by atoms with Crippen molar-refractivity contribution in [1.82, 2.24) is 0 Å². The number of hydrogen-bond acceptors (Lipinski definition) is 2. The standard InChI is InChI=1S/C16H18BrNO/c1-10(2)12-5-4-6-13(8-12)19-16-7-11(3)15(18)9-14(16)17/h4-10H,18H2,1-3H3. The normalized spacial score (nSPS) is 10.8. The molecule has 0 aliphatic rings. The first-order valence-corrected chi connectivity index (χ1v) is 7.10. The fraction of sp³-hybridized carbons (Fsp3) is 0.250. The highest BCUT2D eigenvalue weighted by Crippen LogP contribution is 2.34. The van der Waals surface area contributed by atoms with Crippen molar-refractivity contribution in [3.05, 3.63) is 52.0 Å². The number of anilines is 1. The van der Waals surface area contributed by atoms with Crippen LogP contribution in [0.1, 0.15) is 30.9 Å². The molecule has 2 aromatic rings. The van der Waals surface area contributed by atoms with Gasteiger partial charge in [-0.3, -0.25) is 0 Å². The van der Waals surface area contributed by atoms with Gasteiger partial charge in [0.15, 0.2) is 0 Å². The molecular formula is C16H18BrNO. The maximum absolute atomic E-state index is 5.93. The summed E-state index contributed by atoms with van der Waals surface area (Å²) in [6.07, 6.45) is 0. The summed E-state index contributed by atoms with van der Waals surface area (Å²) in [6.45, 7) is 6.31. The van der Waals surface area contributed by atoms with Crippen LogP contribution in [0.3, 0.4) is 0 Å². The fourth-order valence-electron chi connectivity index (χ4n) is 1.81. The molecule has 0 bridgehead atoms. The highest BCUT2D eigenvalue weighted by Gasteiger charge is 2.07. The summed E-state index contributed by atoms with van der Waals surface area (Å²) in [5.41, 5.74) is 8.90. The van der Waals surface area contributed by atoms with E-state index in [1.807, 2.05) is 31.2 Å². The lowest BCUT2D eigenvalue weighted by atomic mass is 10.0. The molecule has 2 N–H and O–H groups in total. The van der Waals surface area contributed by atoms with Gasteiger partial charge in [0.25, 0.3) is 0 Å². The quantitative estimate of drug-likeness (QED) is 0.783. The maximum Gasteiger partial charge on any atom is 0.142 e. The topological polar surface area (TPSA) is 35.2 Å². The molecule has 0 aliphatic carbocycles. The van der Waals surface area contributed by atoms with Crippen LogP contribution in [0.4, 0.5) is 5.69 Å². The van der Waals surface area contributed by atoms with E-state index in [9.17, 15) is 0 Å². The number of ether oxygens (including phenoxy) is 1.